The van der Waals surface area contributed by atoms with Crippen LogP contribution in [0.2, 0.25) is 0 Å². The lowest BCUT2D eigenvalue weighted by molar-refractivity contribution is 0.0354. The molecule has 6 heteroatoms. The zero-order valence-electron chi connectivity index (χ0n) is 16.4. The van der Waals surface area contributed by atoms with E-state index in [9.17, 15) is 0 Å². The summed E-state index contributed by atoms with van der Waals surface area (Å²) in [7, 11) is 1.84. The first-order chi connectivity index (χ1) is 12.7. The second-order valence-electron chi connectivity index (χ2n) is 7.38. The van der Waals surface area contributed by atoms with Gasteiger partial charge in [-0.25, -0.2) is 0 Å². The molecule has 1 aliphatic heterocycles. The van der Waals surface area contributed by atoms with E-state index in [0.717, 1.165) is 51.4 Å². The van der Waals surface area contributed by atoms with Crippen molar-refractivity contribution in [1.29, 1.82) is 0 Å². The van der Waals surface area contributed by atoms with E-state index in [1.165, 1.54) is 5.56 Å². The SMILES string of the molecule is CN=C(NCC1(NC(C)c2ccccc2)CCOCC1)NC1CC=CC1.I. The Bertz CT molecular complexity index is 606. The zero-order valence-corrected chi connectivity index (χ0v) is 18.7. The first kappa shape index (κ1) is 22.2. The summed E-state index contributed by atoms with van der Waals surface area (Å²) >= 11 is 0. The van der Waals surface area contributed by atoms with Crippen LogP contribution in [-0.2, 0) is 4.74 Å². The highest BCUT2D eigenvalue weighted by atomic mass is 127. The highest BCUT2D eigenvalue weighted by Gasteiger charge is 2.34. The number of rotatable bonds is 6. The fraction of sp³-hybridized carbons (Fsp3) is 0.571. The number of nitrogens with one attached hydrogen (secondary N) is 3. The molecule has 2 aliphatic rings. The predicted octanol–water partition coefficient (Wildman–Crippen LogP) is 3.39. The van der Waals surface area contributed by atoms with E-state index in [-0.39, 0.29) is 29.5 Å². The van der Waals surface area contributed by atoms with Crippen LogP contribution in [-0.4, -0.2) is 44.3 Å². The average Bonchev–Trinajstić information content (AvgIpc) is 3.20. The lowest BCUT2D eigenvalue weighted by atomic mass is 9.88. The Hall–Kier alpha value is -1.12. The van der Waals surface area contributed by atoms with Crippen LogP contribution in [0.25, 0.3) is 0 Å². The minimum Gasteiger partial charge on any atom is -0.381 e. The quantitative estimate of drug-likeness (QED) is 0.251. The van der Waals surface area contributed by atoms with Gasteiger partial charge in [-0.1, -0.05) is 42.5 Å². The standard InChI is InChI=1S/C21H32N4O.HI/c1-17(18-8-4-3-5-9-18)25-21(12-14-26-15-13-21)16-23-20(22-2)24-19-10-6-7-11-19;/h3-9,17,19,25H,10-16H2,1-2H3,(H2,22,23,24);1H. The molecule has 1 fully saturated rings. The molecule has 3 rings (SSSR count). The van der Waals surface area contributed by atoms with Crippen molar-refractivity contribution in [1.82, 2.24) is 16.0 Å². The van der Waals surface area contributed by atoms with E-state index in [0.29, 0.717) is 12.1 Å². The summed E-state index contributed by atoms with van der Waals surface area (Å²) in [4.78, 5) is 4.41. The molecule has 1 saturated heterocycles. The van der Waals surface area contributed by atoms with E-state index in [1.807, 2.05) is 7.05 Å². The van der Waals surface area contributed by atoms with Crippen molar-refractivity contribution in [3.05, 3.63) is 48.0 Å². The lowest BCUT2D eigenvalue weighted by Crippen LogP contribution is -2.58. The molecule has 0 radical (unpaired) electrons. The van der Waals surface area contributed by atoms with Crippen LogP contribution < -0.4 is 16.0 Å². The first-order valence-corrected chi connectivity index (χ1v) is 9.73. The molecule has 1 aromatic carbocycles. The van der Waals surface area contributed by atoms with Gasteiger partial charge in [0.05, 0.1) is 0 Å². The molecule has 5 nitrogen and oxygen atoms in total. The van der Waals surface area contributed by atoms with Crippen molar-refractivity contribution in [2.24, 2.45) is 4.99 Å². The number of nitrogens with zero attached hydrogens (tertiary/aromatic N) is 1. The van der Waals surface area contributed by atoms with Crippen LogP contribution in [0, 0.1) is 0 Å². The van der Waals surface area contributed by atoms with E-state index in [1.54, 1.807) is 0 Å². The molecule has 0 saturated carbocycles. The highest BCUT2D eigenvalue weighted by Crippen LogP contribution is 2.25. The van der Waals surface area contributed by atoms with Crippen LogP contribution in [0.4, 0.5) is 0 Å². The maximum atomic E-state index is 5.63. The van der Waals surface area contributed by atoms with Crippen LogP contribution in [0.1, 0.15) is 44.2 Å². The number of hydrogen-bond donors (Lipinski definition) is 3. The van der Waals surface area contributed by atoms with Gasteiger partial charge in [0.2, 0.25) is 0 Å². The van der Waals surface area contributed by atoms with Gasteiger partial charge in [0, 0.05) is 44.4 Å². The third-order valence-corrected chi connectivity index (χ3v) is 5.44. The number of hydrogen-bond acceptors (Lipinski definition) is 3. The summed E-state index contributed by atoms with van der Waals surface area (Å²) in [6.45, 7) is 4.68. The monoisotopic (exact) mass is 484 g/mol. The largest absolute Gasteiger partial charge is 0.381 e. The van der Waals surface area contributed by atoms with Crippen molar-refractivity contribution in [3.8, 4) is 0 Å². The third-order valence-electron chi connectivity index (χ3n) is 5.44. The van der Waals surface area contributed by atoms with Gasteiger partial charge in [0.15, 0.2) is 5.96 Å². The Morgan fingerprint density at radius 1 is 1.19 bits per heavy atom. The fourth-order valence-corrected chi connectivity index (χ4v) is 3.79. The van der Waals surface area contributed by atoms with E-state index in [4.69, 9.17) is 4.74 Å². The molecule has 0 amide bonds. The molecule has 1 aromatic rings. The van der Waals surface area contributed by atoms with Gasteiger partial charge in [-0.2, -0.15) is 0 Å². The first-order valence-electron chi connectivity index (χ1n) is 9.73. The molecule has 150 valence electrons. The summed E-state index contributed by atoms with van der Waals surface area (Å²) in [6.07, 6.45) is 8.60. The van der Waals surface area contributed by atoms with Gasteiger partial charge in [0.25, 0.3) is 0 Å². The second kappa shape index (κ2) is 11.0. The summed E-state index contributed by atoms with van der Waals surface area (Å²) < 4.78 is 5.63. The van der Waals surface area contributed by atoms with Crippen molar-refractivity contribution in [3.63, 3.8) is 0 Å². The van der Waals surface area contributed by atoms with E-state index < -0.39 is 0 Å². The maximum Gasteiger partial charge on any atom is 0.191 e. The summed E-state index contributed by atoms with van der Waals surface area (Å²) in [5.41, 5.74) is 1.33. The molecule has 0 spiro atoms. The number of guanidine groups is 1. The van der Waals surface area contributed by atoms with Crippen molar-refractivity contribution in [2.75, 3.05) is 26.8 Å². The normalized spacial score (nSPS) is 20.7. The molecule has 0 aromatic heterocycles. The number of halogens is 1. The lowest BCUT2D eigenvalue weighted by Gasteiger charge is -2.41. The highest BCUT2D eigenvalue weighted by molar-refractivity contribution is 14.0. The van der Waals surface area contributed by atoms with Gasteiger partial charge in [-0.05, 0) is 38.2 Å². The minimum absolute atomic E-state index is 0. The smallest absolute Gasteiger partial charge is 0.191 e. The number of ether oxygens (including phenoxy) is 1. The minimum atomic E-state index is 0. The van der Waals surface area contributed by atoms with E-state index >= 15 is 0 Å². The second-order valence-corrected chi connectivity index (χ2v) is 7.38. The summed E-state index contributed by atoms with van der Waals surface area (Å²) in [5.74, 6) is 0.888. The molecule has 1 aliphatic carbocycles. The Labute approximate surface area is 180 Å². The van der Waals surface area contributed by atoms with Crippen molar-refractivity contribution >= 4 is 29.9 Å². The maximum absolute atomic E-state index is 5.63. The topological polar surface area (TPSA) is 57.7 Å². The summed E-state index contributed by atoms with van der Waals surface area (Å²) in [6, 6.07) is 11.4. The van der Waals surface area contributed by atoms with Gasteiger partial charge < -0.3 is 20.7 Å². The Kier molecular flexibility index (Phi) is 9.05. The Morgan fingerprint density at radius 2 is 1.85 bits per heavy atom. The van der Waals surface area contributed by atoms with Crippen LogP contribution in [0.15, 0.2) is 47.5 Å². The van der Waals surface area contributed by atoms with Crippen molar-refractivity contribution in [2.45, 2.75) is 50.2 Å². The van der Waals surface area contributed by atoms with Crippen LogP contribution in [0.3, 0.4) is 0 Å². The molecule has 1 unspecified atom stereocenters. The zero-order chi connectivity index (χ0) is 18.2. The van der Waals surface area contributed by atoms with Gasteiger partial charge in [-0.3, -0.25) is 4.99 Å². The molecule has 1 atom stereocenters. The van der Waals surface area contributed by atoms with Gasteiger partial charge in [0.1, 0.15) is 0 Å². The van der Waals surface area contributed by atoms with E-state index in [2.05, 4.69) is 70.4 Å². The number of aliphatic imine (C=N–C) groups is 1. The molecule has 0 bridgehead atoms. The third kappa shape index (κ3) is 6.47. The Balaban J connectivity index is 0.00000261. The van der Waals surface area contributed by atoms with Gasteiger partial charge >= 0.3 is 0 Å². The fourth-order valence-electron chi connectivity index (χ4n) is 3.79. The predicted molar refractivity (Wildman–Crippen MR) is 123 cm³/mol. The molecule has 27 heavy (non-hydrogen) atoms. The molecular formula is C21H33IN4O. The average molecular weight is 484 g/mol. The molecule has 3 N–H and O–H groups in total. The van der Waals surface area contributed by atoms with Crippen LogP contribution in [0.5, 0.6) is 0 Å². The number of benzene rings is 1. The van der Waals surface area contributed by atoms with Crippen LogP contribution >= 0.6 is 24.0 Å². The molecular weight excluding hydrogens is 451 g/mol. The van der Waals surface area contributed by atoms with Gasteiger partial charge in [-0.15, -0.1) is 24.0 Å². The summed E-state index contributed by atoms with van der Waals surface area (Å²) in [5, 5.41) is 11.0. The molecule has 1 heterocycles. The Morgan fingerprint density at radius 3 is 2.48 bits per heavy atom. The van der Waals surface area contributed by atoms with Crippen molar-refractivity contribution < 1.29 is 4.74 Å².